The van der Waals surface area contributed by atoms with Crippen molar-refractivity contribution >= 4 is 29.9 Å². The van der Waals surface area contributed by atoms with Crippen LogP contribution in [-0.4, -0.2) is 30.1 Å². The van der Waals surface area contributed by atoms with Gasteiger partial charge in [0.1, 0.15) is 0 Å². The second-order valence-electron chi connectivity index (χ2n) is 5.83. The molecule has 0 bridgehead atoms. The summed E-state index contributed by atoms with van der Waals surface area (Å²) in [4.78, 5) is 8.99. The fourth-order valence-electron chi connectivity index (χ4n) is 2.17. The van der Waals surface area contributed by atoms with Crippen molar-refractivity contribution in [3.8, 4) is 5.88 Å². The Morgan fingerprint density at radius 1 is 1.43 bits per heavy atom. The first-order chi connectivity index (χ1) is 10.7. The number of hydrogen-bond acceptors (Lipinski definition) is 3. The molecule has 1 fully saturated rings. The molecule has 0 saturated heterocycles. The van der Waals surface area contributed by atoms with Gasteiger partial charge >= 0.3 is 0 Å². The lowest BCUT2D eigenvalue weighted by Gasteiger charge is -2.12. The van der Waals surface area contributed by atoms with Crippen LogP contribution < -0.4 is 15.4 Å². The normalized spacial score (nSPS) is 19.7. The van der Waals surface area contributed by atoms with Gasteiger partial charge in [0.2, 0.25) is 5.88 Å². The van der Waals surface area contributed by atoms with Crippen molar-refractivity contribution < 1.29 is 4.74 Å². The van der Waals surface area contributed by atoms with Gasteiger partial charge in [-0.2, -0.15) is 0 Å². The number of hydrogen-bond donors (Lipinski definition) is 2. The first kappa shape index (κ1) is 20.0. The lowest BCUT2D eigenvalue weighted by atomic mass is 10.2. The van der Waals surface area contributed by atoms with E-state index in [0.717, 1.165) is 36.8 Å². The molecule has 130 valence electrons. The number of aliphatic imine (C=N–C) groups is 1. The summed E-state index contributed by atoms with van der Waals surface area (Å²) < 4.78 is 5.76. The van der Waals surface area contributed by atoms with E-state index in [1.165, 1.54) is 6.42 Å². The lowest BCUT2D eigenvalue weighted by Crippen LogP contribution is -2.39. The van der Waals surface area contributed by atoms with E-state index in [9.17, 15) is 0 Å². The number of unbranched alkanes of at least 4 members (excludes halogenated alkanes) is 1. The summed E-state index contributed by atoms with van der Waals surface area (Å²) in [6.07, 6.45) is 5.16. The fourth-order valence-corrected chi connectivity index (χ4v) is 2.17. The Kier molecular flexibility index (Phi) is 9.28. The van der Waals surface area contributed by atoms with Gasteiger partial charge in [0.15, 0.2) is 5.96 Å². The first-order valence-electron chi connectivity index (χ1n) is 8.36. The van der Waals surface area contributed by atoms with Crippen LogP contribution in [-0.2, 0) is 6.54 Å². The molecule has 1 aliphatic rings. The number of ether oxygens (including phenoxy) is 1. The molecule has 0 amide bonds. The molecule has 0 aliphatic heterocycles. The third kappa shape index (κ3) is 6.93. The molecule has 2 unspecified atom stereocenters. The maximum absolute atomic E-state index is 5.76. The molecular formula is C17H29IN4O. The molecule has 5 nitrogen and oxygen atoms in total. The SMILES string of the molecule is CCCCOc1ncccc1CN=C(NCC)NC1CC1C.I. The maximum Gasteiger partial charge on any atom is 0.218 e. The Hall–Kier alpha value is -1.05. The number of nitrogens with one attached hydrogen (secondary N) is 2. The van der Waals surface area contributed by atoms with Crippen molar-refractivity contribution in [1.29, 1.82) is 0 Å². The van der Waals surface area contributed by atoms with E-state index in [1.54, 1.807) is 6.20 Å². The molecular weight excluding hydrogens is 403 g/mol. The van der Waals surface area contributed by atoms with Crippen LogP contribution in [0.4, 0.5) is 0 Å². The summed E-state index contributed by atoms with van der Waals surface area (Å²) in [7, 11) is 0. The van der Waals surface area contributed by atoms with E-state index in [4.69, 9.17) is 4.74 Å². The summed E-state index contributed by atoms with van der Waals surface area (Å²) in [6, 6.07) is 4.52. The van der Waals surface area contributed by atoms with Crippen molar-refractivity contribution in [2.75, 3.05) is 13.2 Å². The van der Waals surface area contributed by atoms with Crippen molar-refractivity contribution in [2.24, 2.45) is 10.9 Å². The lowest BCUT2D eigenvalue weighted by molar-refractivity contribution is 0.294. The van der Waals surface area contributed by atoms with E-state index < -0.39 is 0 Å². The van der Waals surface area contributed by atoms with Gasteiger partial charge in [0, 0.05) is 24.3 Å². The molecule has 0 spiro atoms. The molecule has 0 aromatic carbocycles. The van der Waals surface area contributed by atoms with E-state index in [-0.39, 0.29) is 24.0 Å². The van der Waals surface area contributed by atoms with Crippen LogP contribution in [0.1, 0.15) is 45.6 Å². The zero-order chi connectivity index (χ0) is 15.8. The molecule has 0 radical (unpaired) electrons. The minimum Gasteiger partial charge on any atom is -0.477 e. The number of rotatable bonds is 8. The smallest absolute Gasteiger partial charge is 0.218 e. The van der Waals surface area contributed by atoms with Gasteiger partial charge in [-0.1, -0.05) is 26.3 Å². The summed E-state index contributed by atoms with van der Waals surface area (Å²) >= 11 is 0. The average Bonchev–Trinajstić information content (AvgIpc) is 3.21. The number of aromatic nitrogens is 1. The topological polar surface area (TPSA) is 58.5 Å². The van der Waals surface area contributed by atoms with Crippen LogP contribution in [0.15, 0.2) is 23.3 Å². The van der Waals surface area contributed by atoms with E-state index >= 15 is 0 Å². The Bertz CT molecular complexity index is 495. The summed E-state index contributed by atoms with van der Waals surface area (Å²) in [6.45, 7) is 8.63. The number of nitrogens with zero attached hydrogens (tertiary/aromatic N) is 2. The van der Waals surface area contributed by atoms with Crippen molar-refractivity contribution in [1.82, 2.24) is 15.6 Å². The molecule has 23 heavy (non-hydrogen) atoms. The minimum absolute atomic E-state index is 0. The molecule has 1 aliphatic carbocycles. The largest absolute Gasteiger partial charge is 0.477 e. The van der Waals surface area contributed by atoms with Crippen molar-refractivity contribution in [2.45, 2.75) is 52.6 Å². The van der Waals surface area contributed by atoms with E-state index in [2.05, 4.69) is 41.4 Å². The summed E-state index contributed by atoms with van der Waals surface area (Å²) in [5.74, 6) is 2.32. The van der Waals surface area contributed by atoms with Crippen molar-refractivity contribution in [3.05, 3.63) is 23.9 Å². The predicted molar refractivity (Wildman–Crippen MR) is 106 cm³/mol. The highest BCUT2D eigenvalue weighted by Crippen LogP contribution is 2.28. The van der Waals surface area contributed by atoms with Gasteiger partial charge in [0.05, 0.1) is 13.2 Å². The highest BCUT2D eigenvalue weighted by molar-refractivity contribution is 14.0. The Morgan fingerprint density at radius 3 is 2.87 bits per heavy atom. The molecule has 2 atom stereocenters. The molecule has 2 rings (SSSR count). The number of halogens is 1. The quantitative estimate of drug-likeness (QED) is 0.286. The van der Waals surface area contributed by atoms with Gasteiger partial charge < -0.3 is 15.4 Å². The zero-order valence-electron chi connectivity index (χ0n) is 14.3. The van der Waals surface area contributed by atoms with Crippen LogP contribution in [0.3, 0.4) is 0 Å². The molecule has 2 N–H and O–H groups in total. The fraction of sp³-hybridized carbons (Fsp3) is 0.647. The second-order valence-corrected chi connectivity index (χ2v) is 5.83. The summed E-state index contributed by atoms with van der Waals surface area (Å²) in [5, 5.41) is 6.76. The van der Waals surface area contributed by atoms with E-state index in [0.29, 0.717) is 25.1 Å². The minimum atomic E-state index is 0. The molecule has 1 aromatic heterocycles. The number of pyridine rings is 1. The van der Waals surface area contributed by atoms with Crippen LogP contribution in [0.2, 0.25) is 0 Å². The average molecular weight is 432 g/mol. The van der Waals surface area contributed by atoms with Crippen LogP contribution >= 0.6 is 24.0 Å². The molecule has 1 heterocycles. The van der Waals surface area contributed by atoms with Gasteiger partial charge in [-0.25, -0.2) is 9.98 Å². The maximum atomic E-state index is 5.76. The Balaban J connectivity index is 0.00000264. The van der Waals surface area contributed by atoms with Gasteiger partial charge in [-0.3, -0.25) is 0 Å². The van der Waals surface area contributed by atoms with Crippen LogP contribution in [0, 0.1) is 5.92 Å². The molecule has 1 saturated carbocycles. The monoisotopic (exact) mass is 432 g/mol. The van der Waals surface area contributed by atoms with Gasteiger partial charge in [-0.05, 0) is 31.7 Å². The third-order valence-corrected chi connectivity index (χ3v) is 3.77. The Labute approximate surface area is 156 Å². The second kappa shape index (κ2) is 10.7. The van der Waals surface area contributed by atoms with Crippen LogP contribution in [0.25, 0.3) is 0 Å². The third-order valence-electron chi connectivity index (χ3n) is 3.77. The summed E-state index contributed by atoms with van der Waals surface area (Å²) in [5.41, 5.74) is 1.03. The number of guanidine groups is 1. The Morgan fingerprint density at radius 2 is 2.22 bits per heavy atom. The van der Waals surface area contributed by atoms with Gasteiger partial charge in [0.25, 0.3) is 0 Å². The predicted octanol–water partition coefficient (Wildman–Crippen LogP) is 3.34. The zero-order valence-corrected chi connectivity index (χ0v) is 16.7. The first-order valence-corrected chi connectivity index (χ1v) is 8.36. The highest BCUT2D eigenvalue weighted by Gasteiger charge is 2.33. The van der Waals surface area contributed by atoms with Gasteiger partial charge in [-0.15, -0.1) is 24.0 Å². The molecule has 6 heteroatoms. The standard InChI is InChI=1S/C17H28N4O.HI/c1-4-6-10-22-16-14(8-7-9-19-16)12-20-17(18-5-2)21-15-11-13(15)3;/h7-9,13,15H,4-6,10-12H2,1-3H3,(H2,18,20,21);1H. The van der Waals surface area contributed by atoms with E-state index in [1.807, 2.05) is 12.1 Å². The highest BCUT2D eigenvalue weighted by atomic mass is 127. The van der Waals surface area contributed by atoms with Crippen LogP contribution in [0.5, 0.6) is 5.88 Å². The van der Waals surface area contributed by atoms with Crippen molar-refractivity contribution in [3.63, 3.8) is 0 Å². The molecule has 1 aromatic rings.